The lowest BCUT2D eigenvalue weighted by molar-refractivity contribution is -0.384. The molecule has 1 fully saturated rings. The third kappa shape index (κ3) is 5.83. The van der Waals surface area contributed by atoms with Gasteiger partial charge in [-0.1, -0.05) is 12.1 Å². The number of nitrogens with one attached hydrogen (secondary N) is 1. The van der Waals surface area contributed by atoms with Crippen LogP contribution >= 0.6 is 15.9 Å². The Morgan fingerprint density at radius 2 is 1.77 bits per heavy atom. The summed E-state index contributed by atoms with van der Waals surface area (Å²) in [7, 11) is 0. The van der Waals surface area contributed by atoms with E-state index >= 15 is 0 Å². The summed E-state index contributed by atoms with van der Waals surface area (Å²) in [5.41, 5.74) is 2.96. The van der Waals surface area contributed by atoms with E-state index in [9.17, 15) is 24.5 Å². The second kappa shape index (κ2) is 11.5. The number of carbonyl (C=O) groups excluding carboxylic acids is 3. The molecule has 0 bridgehead atoms. The van der Waals surface area contributed by atoms with E-state index < -0.39 is 22.8 Å². The minimum absolute atomic E-state index is 0.0218. The van der Waals surface area contributed by atoms with Crippen LogP contribution in [0, 0.1) is 24.0 Å². The standard InChI is InChI=1S/C28H24BrN3O7/c1-4-38-24-14-19(13-22(29)25(24)39-15-18-8-10-20(11-9-18)32(36)37)12-21-26(33)30-28(35)31(27(21)34)23-7-5-6-16(2)17(23)3/h5-14H,4,15H2,1-3H3,(H,30,33,35)/b21-12+. The molecule has 1 aliphatic rings. The third-order valence-corrected chi connectivity index (χ3v) is 6.68. The summed E-state index contributed by atoms with van der Waals surface area (Å²) in [5, 5.41) is 13.1. The van der Waals surface area contributed by atoms with Gasteiger partial charge in [-0.3, -0.25) is 25.0 Å². The summed E-state index contributed by atoms with van der Waals surface area (Å²) in [4.78, 5) is 50.0. The molecule has 0 aromatic heterocycles. The third-order valence-electron chi connectivity index (χ3n) is 6.09. The molecule has 4 amide bonds. The predicted octanol–water partition coefficient (Wildman–Crippen LogP) is 5.62. The molecule has 3 aromatic rings. The maximum Gasteiger partial charge on any atom is 0.335 e. The van der Waals surface area contributed by atoms with Crippen LogP contribution in [0.1, 0.15) is 29.2 Å². The molecule has 39 heavy (non-hydrogen) atoms. The van der Waals surface area contributed by atoms with Crippen molar-refractivity contribution >= 4 is 51.2 Å². The molecular formula is C28H24BrN3O7. The number of hydrogen-bond acceptors (Lipinski definition) is 7. The van der Waals surface area contributed by atoms with E-state index in [1.54, 1.807) is 50.2 Å². The molecule has 0 spiro atoms. The fourth-order valence-electron chi connectivity index (χ4n) is 3.96. The summed E-state index contributed by atoms with van der Waals surface area (Å²) in [5.74, 6) is -0.820. The molecule has 10 nitrogen and oxygen atoms in total. The van der Waals surface area contributed by atoms with Crippen LogP contribution in [0.3, 0.4) is 0 Å². The fraction of sp³-hybridized carbons (Fsp3) is 0.179. The minimum atomic E-state index is -0.818. The summed E-state index contributed by atoms with van der Waals surface area (Å²) in [6, 6.07) is 13.7. The summed E-state index contributed by atoms with van der Waals surface area (Å²) < 4.78 is 12.2. The van der Waals surface area contributed by atoms with E-state index in [0.29, 0.717) is 39.4 Å². The zero-order valence-corrected chi connectivity index (χ0v) is 22.9. The molecule has 4 rings (SSSR count). The Bertz CT molecular complexity index is 1520. The molecule has 200 valence electrons. The molecular weight excluding hydrogens is 570 g/mol. The molecule has 0 aliphatic carbocycles. The molecule has 11 heteroatoms. The maximum atomic E-state index is 13.4. The van der Waals surface area contributed by atoms with Crippen LogP contribution in [0.2, 0.25) is 0 Å². The highest BCUT2D eigenvalue weighted by atomic mass is 79.9. The highest BCUT2D eigenvalue weighted by Crippen LogP contribution is 2.38. The van der Waals surface area contributed by atoms with Gasteiger partial charge in [-0.25, -0.2) is 9.69 Å². The average molecular weight is 594 g/mol. The molecule has 1 aliphatic heterocycles. The quantitative estimate of drug-likeness (QED) is 0.155. The average Bonchev–Trinajstić information content (AvgIpc) is 2.89. The first-order valence-electron chi connectivity index (χ1n) is 11.9. The molecule has 3 aromatic carbocycles. The van der Waals surface area contributed by atoms with Gasteiger partial charge < -0.3 is 9.47 Å². The number of amides is 4. The highest BCUT2D eigenvalue weighted by molar-refractivity contribution is 9.10. The number of nitro benzene ring substituents is 1. The minimum Gasteiger partial charge on any atom is -0.490 e. The van der Waals surface area contributed by atoms with Crippen molar-refractivity contribution in [1.29, 1.82) is 0 Å². The number of imide groups is 2. The van der Waals surface area contributed by atoms with Crippen molar-refractivity contribution < 1.29 is 28.8 Å². The van der Waals surface area contributed by atoms with E-state index in [1.165, 1.54) is 18.2 Å². The lowest BCUT2D eigenvalue weighted by Crippen LogP contribution is -2.54. The molecule has 1 N–H and O–H groups in total. The Balaban J connectivity index is 1.65. The number of aryl methyl sites for hydroxylation is 1. The van der Waals surface area contributed by atoms with E-state index in [-0.39, 0.29) is 17.9 Å². The number of nitro groups is 1. The maximum absolute atomic E-state index is 13.4. The highest BCUT2D eigenvalue weighted by Gasteiger charge is 2.37. The van der Waals surface area contributed by atoms with Crippen molar-refractivity contribution in [2.75, 3.05) is 11.5 Å². The van der Waals surface area contributed by atoms with Gasteiger partial charge in [0.1, 0.15) is 12.2 Å². The topological polar surface area (TPSA) is 128 Å². The van der Waals surface area contributed by atoms with Gasteiger partial charge in [0.25, 0.3) is 17.5 Å². The Morgan fingerprint density at radius 3 is 2.44 bits per heavy atom. The van der Waals surface area contributed by atoms with Crippen molar-refractivity contribution in [2.45, 2.75) is 27.4 Å². The number of urea groups is 1. The van der Waals surface area contributed by atoms with Gasteiger partial charge in [-0.05, 0) is 95.4 Å². The molecule has 0 radical (unpaired) electrons. The first-order chi connectivity index (χ1) is 18.6. The molecule has 1 saturated heterocycles. The van der Waals surface area contributed by atoms with E-state index in [1.807, 2.05) is 13.0 Å². The summed E-state index contributed by atoms with van der Waals surface area (Å²) in [6.07, 6.45) is 1.38. The van der Waals surface area contributed by atoms with Gasteiger partial charge in [-0.2, -0.15) is 0 Å². The van der Waals surface area contributed by atoms with Gasteiger partial charge >= 0.3 is 6.03 Å². The van der Waals surface area contributed by atoms with Gasteiger partial charge in [0.15, 0.2) is 11.5 Å². The number of barbiturate groups is 1. The lowest BCUT2D eigenvalue weighted by atomic mass is 10.0. The van der Waals surface area contributed by atoms with Crippen LogP contribution in [-0.4, -0.2) is 29.4 Å². The number of rotatable bonds is 8. The van der Waals surface area contributed by atoms with Crippen LogP contribution in [0.15, 0.2) is 64.6 Å². The number of halogens is 1. The van der Waals surface area contributed by atoms with Crippen molar-refractivity contribution in [2.24, 2.45) is 0 Å². The normalized spacial score (nSPS) is 14.4. The van der Waals surface area contributed by atoms with E-state index in [4.69, 9.17) is 9.47 Å². The van der Waals surface area contributed by atoms with Crippen molar-refractivity contribution in [1.82, 2.24) is 5.32 Å². The Morgan fingerprint density at radius 1 is 1.05 bits per heavy atom. The second-order valence-electron chi connectivity index (χ2n) is 8.65. The predicted molar refractivity (Wildman–Crippen MR) is 148 cm³/mol. The Labute approximate surface area is 232 Å². The van der Waals surface area contributed by atoms with Crippen LogP contribution in [-0.2, 0) is 16.2 Å². The number of anilines is 1. The largest absolute Gasteiger partial charge is 0.490 e. The number of benzene rings is 3. The smallest absolute Gasteiger partial charge is 0.335 e. The second-order valence-corrected chi connectivity index (χ2v) is 9.51. The monoisotopic (exact) mass is 593 g/mol. The number of nitrogens with zero attached hydrogens (tertiary/aromatic N) is 2. The Hall–Kier alpha value is -4.51. The number of non-ortho nitro benzene ring substituents is 1. The SMILES string of the molecule is CCOc1cc(/C=C2\C(=O)NC(=O)N(c3cccc(C)c3C)C2=O)cc(Br)c1OCc1ccc([N+](=O)[O-])cc1. The van der Waals surface area contributed by atoms with Crippen molar-refractivity contribution in [3.63, 3.8) is 0 Å². The van der Waals surface area contributed by atoms with Gasteiger partial charge in [0.2, 0.25) is 0 Å². The zero-order valence-electron chi connectivity index (χ0n) is 21.3. The van der Waals surface area contributed by atoms with E-state index in [2.05, 4.69) is 21.2 Å². The van der Waals surface area contributed by atoms with E-state index in [0.717, 1.165) is 16.0 Å². The lowest BCUT2D eigenvalue weighted by Gasteiger charge is -2.28. The van der Waals surface area contributed by atoms with Crippen LogP contribution in [0.25, 0.3) is 6.08 Å². The van der Waals surface area contributed by atoms with Crippen molar-refractivity contribution in [3.05, 3.63) is 97.0 Å². The number of carbonyl (C=O) groups is 3. The first kappa shape index (κ1) is 27.5. The van der Waals surface area contributed by atoms with Gasteiger partial charge in [-0.15, -0.1) is 0 Å². The van der Waals surface area contributed by atoms with Crippen LogP contribution in [0.5, 0.6) is 11.5 Å². The number of ether oxygens (including phenoxy) is 2. The molecule has 0 atom stereocenters. The summed E-state index contributed by atoms with van der Waals surface area (Å²) in [6.45, 7) is 5.89. The van der Waals surface area contributed by atoms with Crippen LogP contribution < -0.4 is 19.7 Å². The molecule has 0 unspecified atom stereocenters. The zero-order chi connectivity index (χ0) is 28.3. The Kier molecular flexibility index (Phi) is 8.10. The molecule has 0 saturated carbocycles. The van der Waals surface area contributed by atoms with Crippen molar-refractivity contribution in [3.8, 4) is 11.5 Å². The van der Waals surface area contributed by atoms with Gasteiger partial charge in [0, 0.05) is 12.1 Å². The van der Waals surface area contributed by atoms with Gasteiger partial charge in [0.05, 0.1) is 21.7 Å². The molecule has 1 heterocycles. The fourth-order valence-corrected chi connectivity index (χ4v) is 4.54. The van der Waals surface area contributed by atoms with Crippen LogP contribution in [0.4, 0.5) is 16.2 Å². The number of hydrogen-bond donors (Lipinski definition) is 1. The summed E-state index contributed by atoms with van der Waals surface area (Å²) >= 11 is 3.47. The first-order valence-corrected chi connectivity index (χ1v) is 12.7.